The van der Waals surface area contributed by atoms with Crippen LogP contribution in [0, 0.1) is 5.82 Å². The Morgan fingerprint density at radius 3 is 2.65 bits per heavy atom. The van der Waals surface area contributed by atoms with E-state index in [9.17, 15) is 9.50 Å². The Bertz CT molecular complexity index is 380. The molecule has 0 heterocycles. The molecule has 0 aliphatic heterocycles. The fourth-order valence-electron chi connectivity index (χ4n) is 1.37. The van der Waals surface area contributed by atoms with E-state index >= 15 is 0 Å². The summed E-state index contributed by atoms with van der Waals surface area (Å²) in [6, 6.07) is 4.39. The van der Waals surface area contributed by atoms with Crippen molar-refractivity contribution >= 4 is 5.69 Å². The molecule has 0 radical (unpaired) electrons. The average molecular weight is 240 g/mol. The van der Waals surface area contributed by atoms with Crippen LogP contribution >= 0.6 is 0 Å². The van der Waals surface area contributed by atoms with Crippen LogP contribution in [0.25, 0.3) is 0 Å². The summed E-state index contributed by atoms with van der Waals surface area (Å²) in [5.41, 5.74) is 5.98. The maximum Gasteiger partial charge on any atom is 0.146 e. The highest BCUT2D eigenvalue weighted by Gasteiger charge is 2.17. The first-order valence-corrected chi connectivity index (χ1v) is 5.84. The summed E-state index contributed by atoms with van der Waals surface area (Å²) in [6.07, 6.45) is 0.228. The highest BCUT2D eigenvalue weighted by molar-refractivity contribution is 5.41. The van der Waals surface area contributed by atoms with Gasteiger partial charge in [-0.25, -0.2) is 4.39 Å². The molecule has 0 fully saturated rings. The zero-order valence-electron chi connectivity index (χ0n) is 10.6. The molecule has 1 rings (SSSR count). The molecule has 3 nitrogen and oxygen atoms in total. The van der Waals surface area contributed by atoms with Crippen LogP contribution < -0.4 is 11.1 Å². The van der Waals surface area contributed by atoms with E-state index in [1.807, 2.05) is 0 Å². The van der Waals surface area contributed by atoms with Crippen LogP contribution in [0.4, 0.5) is 10.1 Å². The third-order valence-corrected chi connectivity index (χ3v) is 3.07. The van der Waals surface area contributed by atoms with Gasteiger partial charge in [-0.15, -0.1) is 0 Å². The number of anilines is 1. The van der Waals surface area contributed by atoms with Crippen molar-refractivity contribution < 1.29 is 9.50 Å². The zero-order valence-corrected chi connectivity index (χ0v) is 10.6. The lowest BCUT2D eigenvalue weighted by molar-refractivity contribution is 0.159. The lowest BCUT2D eigenvalue weighted by Crippen LogP contribution is -2.40. The van der Waals surface area contributed by atoms with Gasteiger partial charge in [-0.2, -0.15) is 0 Å². The van der Waals surface area contributed by atoms with Gasteiger partial charge >= 0.3 is 0 Å². The topological polar surface area (TPSA) is 58.3 Å². The molecule has 0 saturated heterocycles. The number of aliphatic hydroxyl groups excluding tert-OH is 1. The largest absolute Gasteiger partial charge is 0.396 e. The van der Waals surface area contributed by atoms with Gasteiger partial charge in [0.05, 0.1) is 11.8 Å². The standard InChI is InChI=1S/C13H21FN2O/c1-4-13(2,3)16-8-12(17)9-5-6-11(15)10(14)7-9/h5-7,12,16-17H,4,8,15H2,1-3H3. The minimum absolute atomic E-state index is 0.0344. The van der Waals surface area contributed by atoms with Crippen LogP contribution in [0.2, 0.25) is 0 Å². The maximum atomic E-state index is 13.2. The third kappa shape index (κ3) is 3.98. The molecule has 1 aromatic carbocycles. The molecule has 0 aromatic heterocycles. The number of rotatable bonds is 5. The Balaban J connectivity index is 2.64. The number of hydrogen-bond donors (Lipinski definition) is 3. The van der Waals surface area contributed by atoms with Crippen LogP contribution in [-0.4, -0.2) is 17.2 Å². The predicted molar refractivity (Wildman–Crippen MR) is 68.1 cm³/mol. The molecule has 17 heavy (non-hydrogen) atoms. The van der Waals surface area contributed by atoms with E-state index in [0.717, 1.165) is 6.42 Å². The summed E-state index contributed by atoms with van der Waals surface area (Å²) in [6.45, 7) is 6.58. The maximum absolute atomic E-state index is 13.2. The Morgan fingerprint density at radius 1 is 1.47 bits per heavy atom. The molecule has 0 aliphatic carbocycles. The van der Waals surface area contributed by atoms with E-state index in [1.165, 1.54) is 12.1 Å². The van der Waals surface area contributed by atoms with Crippen LogP contribution in [-0.2, 0) is 0 Å². The van der Waals surface area contributed by atoms with Crippen molar-refractivity contribution in [3.8, 4) is 0 Å². The number of aliphatic hydroxyl groups is 1. The van der Waals surface area contributed by atoms with Gasteiger partial charge in [0.1, 0.15) is 5.82 Å². The number of nitrogens with one attached hydrogen (secondary N) is 1. The second-order valence-electron chi connectivity index (χ2n) is 4.92. The van der Waals surface area contributed by atoms with E-state index in [2.05, 4.69) is 26.1 Å². The second kappa shape index (κ2) is 5.47. The summed E-state index contributed by atoms with van der Waals surface area (Å²) < 4.78 is 13.2. The van der Waals surface area contributed by atoms with E-state index < -0.39 is 11.9 Å². The number of nitrogen functional groups attached to an aromatic ring is 1. The molecule has 4 N–H and O–H groups in total. The van der Waals surface area contributed by atoms with Crippen LogP contribution in [0.1, 0.15) is 38.9 Å². The van der Waals surface area contributed by atoms with Gasteiger partial charge in [0.15, 0.2) is 0 Å². The van der Waals surface area contributed by atoms with Gasteiger partial charge in [-0.3, -0.25) is 0 Å². The molecule has 1 unspecified atom stereocenters. The summed E-state index contributed by atoms with van der Waals surface area (Å²) in [5.74, 6) is -0.490. The Morgan fingerprint density at radius 2 is 2.12 bits per heavy atom. The number of hydrogen-bond acceptors (Lipinski definition) is 3. The van der Waals surface area contributed by atoms with Gasteiger partial charge in [0, 0.05) is 12.1 Å². The summed E-state index contributed by atoms with van der Waals surface area (Å²) >= 11 is 0. The van der Waals surface area contributed by atoms with E-state index in [4.69, 9.17) is 5.73 Å². The van der Waals surface area contributed by atoms with Gasteiger partial charge in [0.2, 0.25) is 0 Å². The van der Waals surface area contributed by atoms with Crippen LogP contribution in [0.3, 0.4) is 0 Å². The van der Waals surface area contributed by atoms with Crippen molar-refractivity contribution in [2.24, 2.45) is 0 Å². The summed E-state index contributed by atoms with van der Waals surface area (Å²) in [5, 5.41) is 13.2. The third-order valence-electron chi connectivity index (χ3n) is 3.07. The van der Waals surface area contributed by atoms with Gasteiger partial charge in [-0.05, 0) is 38.0 Å². The molecule has 0 spiro atoms. The molecule has 0 amide bonds. The molecule has 0 bridgehead atoms. The first-order valence-electron chi connectivity index (χ1n) is 5.84. The number of nitrogens with two attached hydrogens (primary N) is 1. The van der Waals surface area contributed by atoms with Gasteiger partial charge in [0.25, 0.3) is 0 Å². The molecular formula is C13H21FN2O. The quantitative estimate of drug-likeness (QED) is 0.692. The van der Waals surface area contributed by atoms with Crippen molar-refractivity contribution in [3.63, 3.8) is 0 Å². The SMILES string of the molecule is CCC(C)(C)NCC(O)c1ccc(N)c(F)c1. The zero-order chi connectivity index (χ0) is 13.1. The van der Waals surface area contributed by atoms with Gasteiger partial charge < -0.3 is 16.2 Å². The minimum atomic E-state index is -0.726. The summed E-state index contributed by atoms with van der Waals surface area (Å²) in [4.78, 5) is 0. The molecular weight excluding hydrogens is 219 g/mol. The first kappa shape index (κ1) is 13.9. The number of halogens is 1. The van der Waals surface area contributed by atoms with Gasteiger partial charge in [-0.1, -0.05) is 13.0 Å². The molecule has 1 aromatic rings. The Kier molecular flexibility index (Phi) is 4.48. The Labute approximate surface area is 102 Å². The van der Waals surface area contributed by atoms with Crippen molar-refractivity contribution in [1.29, 1.82) is 0 Å². The lowest BCUT2D eigenvalue weighted by Gasteiger charge is -2.26. The summed E-state index contributed by atoms with van der Waals surface area (Å²) in [7, 11) is 0. The van der Waals surface area contributed by atoms with Crippen molar-refractivity contribution in [2.45, 2.75) is 38.8 Å². The number of benzene rings is 1. The smallest absolute Gasteiger partial charge is 0.146 e. The normalized spacial score (nSPS) is 13.7. The fourth-order valence-corrected chi connectivity index (χ4v) is 1.37. The van der Waals surface area contributed by atoms with Crippen LogP contribution in [0.15, 0.2) is 18.2 Å². The molecule has 96 valence electrons. The Hall–Kier alpha value is -1.13. The van der Waals surface area contributed by atoms with E-state index in [0.29, 0.717) is 12.1 Å². The fraction of sp³-hybridized carbons (Fsp3) is 0.538. The molecule has 1 atom stereocenters. The number of β-amino-alcohol motifs (C(OH)–C–C–N with tert-alkyl or cyclic N) is 1. The second-order valence-corrected chi connectivity index (χ2v) is 4.92. The molecule has 0 aliphatic rings. The van der Waals surface area contributed by atoms with Crippen molar-refractivity contribution in [2.75, 3.05) is 12.3 Å². The van der Waals surface area contributed by atoms with Crippen molar-refractivity contribution in [3.05, 3.63) is 29.6 Å². The minimum Gasteiger partial charge on any atom is -0.396 e. The van der Waals surface area contributed by atoms with Crippen molar-refractivity contribution in [1.82, 2.24) is 5.32 Å². The highest BCUT2D eigenvalue weighted by atomic mass is 19.1. The van der Waals surface area contributed by atoms with E-state index in [-0.39, 0.29) is 11.2 Å². The van der Waals surface area contributed by atoms with Crippen LogP contribution in [0.5, 0.6) is 0 Å². The monoisotopic (exact) mass is 240 g/mol. The average Bonchev–Trinajstić information content (AvgIpc) is 2.30. The molecule has 4 heteroatoms. The first-order chi connectivity index (χ1) is 7.85. The van der Waals surface area contributed by atoms with E-state index in [1.54, 1.807) is 6.07 Å². The highest BCUT2D eigenvalue weighted by Crippen LogP contribution is 2.18. The molecule has 0 saturated carbocycles. The lowest BCUT2D eigenvalue weighted by atomic mass is 10.0. The predicted octanol–water partition coefficient (Wildman–Crippen LogP) is 2.22.